The van der Waals surface area contributed by atoms with Crippen LogP contribution < -0.4 is 10.5 Å². The molecule has 198 valence electrons. The summed E-state index contributed by atoms with van der Waals surface area (Å²) in [7, 11) is 0. The van der Waals surface area contributed by atoms with Crippen molar-refractivity contribution in [3.05, 3.63) is 41.2 Å². The van der Waals surface area contributed by atoms with E-state index in [0.29, 0.717) is 41.5 Å². The Hall–Kier alpha value is -3.04. The molecule has 1 saturated carbocycles. The van der Waals surface area contributed by atoms with Crippen LogP contribution >= 0.6 is 0 Å². The number of nitrogens with zero attached hydrogens (tertiary/aromatic N) is 4. The van der Waals surface area contributed by atoms with Gasteiger partial charge in [0.25, 0.3) is 0 Å². The minimum absolute atomic E-state index is 0.0388. The van der Waals surface area contributed by atoms with Crippen LogP contribution in [0, 0.1) is 12.8 Å². The van der Waals surface area contributed by atoms with E-state index in [1.54, 1.807) is 11.8 Å². The van der Waals surface area contributed by atoms with E-state index < -0.39 is 17.8 Å². The Morgan fingerprint density at radius 3 is 2.38 bits per heavy atom. The number of fused-ring (bicyclic) bond motifs is 1. The van der Waals surface area contributed by atoms with Crippen LogP contribution in [0.4, 0.5) is 11.5 Å². The highest BCUT2D eigenvalue weighted by atomic mass is 16.5. The Balaban J connectivity index is 1.19. The fraction of sp³-hybridized carbons (Fsp3) is 0.571. The van der Waals surface area contributed by atoms with Gasteiger partial charge in [-0.2, -0.15) is 4.98 Å². The second-order valence-electron chi connectivity index (χ2n) is 11.2. The molecule has 1 aromatic heterocycles. The van der Waals surface area contributed by atoms with Gasteiger partial charge in [-0.3, -0.25) is 4.79 Å². The number of β-amino-alcohol motifs (C(OH)–C–C–N with tert-alkyl or cyclic N) is 2. The van der Waals surface area contributed by atoms with Crippen LogP contribution in [0.5, 0.6) is 5.88 Å². The van der Waals surface area contributed by atoms with Gasteiger partial charge in [-0.1, -0.05) is 24.3 Å². The van der Waals surface area contributed by atoms with Gasteiger partial charge < -0.3 is 25.6 Å². The minimum atomic E-state index is -0.818. The molecule has 5 rings (SSSR count). The molecule has 1 aromatic carbocycles. The molecule has 4 N–H and O–H groups in total. The third kappa shape index (κ3) is 5.33. The zero-order valence-corrected chi connectivity index (χ0v) is 21.9. The molecule has 3 heterocycles. The molecule has 37 heavy (non-hydrogen) atoms. The highest BCUT2D eigenvalue weighted by Crippen LogP contribution is 2.41. The first-order chi connectivity index (χ1) is 17.6. The molecule has 0 radical (unpaired) electrons. The summed E-state index contributed by atoms with van der Waals surface area (Å²) >= 11 is 0. The monoisotopic (exact) mass is 507 g/mol. The number of ether oxygens (including phenoxy) is 1. The Bertz CT molecular complexity index is 1180. The smallest absolute Gasteiger partial charge is 0.246 e. The molecule has 2 atom stereocenters. The van der Waals surface area contributed by atoms with Crippen molar-refractivity contribution in [2.24, 2.45) is 10.9 Å². The third-order valence-electron chi connectivity index (χ3n) is 8.02. The van der Waals surface area contributed by atoms with Crippen LogP contribution in [0.15, 0.2) is 29.3 Å². The van der Waals surface area contributed by atoms with Crippen molar-refractivity contribution in [2.45, 2.75) is 83.0 Å². The first-order valence-corrected chi connectivity index (χ1v) is 13.3. The molecular weight excluding hydrogens is 470 g/mol. The highest BCUT2D eigenvalue weighted by Gasteiger charge is 2.36. The van der Waals surface area contributed by atoms with Crippen molar-refractivity contribution in [3.63, 3.8) is 0 Å². The summed E-state index contributed by atoms with van der Waals surface area (Å²) in [4.78, 5) is 27.4. The molecule has 0 spiro atoms. The van der Waals surface area contributed by atoms with Crippen molar-refractivity contribution in [2.75, 3.05) is 18.8 Å². The lowest BCUT2D eigenvalue weighted by Gasteiger charge is -2.32. The molecule has 2 aliphatic heterocycles. The predicted molar refractivity (Wildman–Crippen MR) is 141 cm³/mol. The van der Waals surface area contributed by atoms with Gasteiger partial charge in [0.1, 0.15) is 11.4 Å². The lowest BCUT2D eigenvalue weighted by molar-refractivity contribution is -0.131. The van der Waals surface area contributed by atoms with Gasteiger partial charge in [0.2, 0.25) is 11.8 Å². The number of rotatable bonds is 5. The van der Waals surface area contributed by atoms with Crippen molar-refractivity contribution in [1.82, 2.24) is 14.9 Å². The third-order valence-corrected chi connectivity index (χ3v) is 8.02. The van der Waals surface area contributed by atoms with E-state index in [0.717, 1.165) is 43.4 Å². The number of hydrogen-bond acceptors (Lipinski definition) is 8. The number of amides is 1. The lowest BCUT2D eigenvalue weighted by Crippen LogP contribution is -2.41. The van der Waals surface area contributed by atoms with Gasteiger partial charge in [0.05, 0.1) is 17.9 Å². The summed E-state index contributed by atoms with van der Waals surface area (Å²) in [5.74, 6) is 2.39. The summed E-state index contributed by atoms with van der Waals surface area (Å²) in [5, 5.41) is 19.4. The van der Waals surface area contributed by atoms with Gasteiger partial charge in [0.15, 0.2) is 11.5 Å². The van der Waals surface area contributed by atoms with Crippen molar-refractivity contribution in [3.8, 4) is 5.88 Å². The van der Waals surface area contributed by atoms with Crippen molar-refractivity contribution in [1.29, 1.82) is 0 Å². The molecule has 0 bridgehead atoms. The topological polar surface area (TPSA) is 134 Å². The number of likely N-dealkylation sites (tertiary alicyclic amines) is 1. The molecular formula is C28H37N5O4. The van der Waals surface area contributed by atoms with Crippen LogP contribution in [0.2, 0.25) is 0 Å². The summed E-state index contributed by atoms with van der Waals surface area (Å²) in [6.07, 6.45) is 4.15. The van der Waals surface area contributed by atoms with E-state index in [4.69, 9.17) is 15.5 Å². The number of aliphatic hydroxyl groups is 2. The molecule has 9 heteroatoms. The van der Waals surface area contributed by atoms with Crippen LogP contribution in [0.3, 0.4) is 0 Å². The number of carbonyl (C=O) groups is 1. The van der Waals surface area contributed by atoms with E-state index in [9.17, 15) is 15.0 Å². The van der Waals surface area contributed by atoms with Gasteiger partial charge in [-0.05, 0) is 70.3 Å². The lowest BCUT2D eigenvalue weighted by atomic mass is 9.77. The van der Waals surface area contributed by atoms with Crippen LogP contribution in [0.1, 0.15) is 75.2 Å². The quantitative estimate of drug-likeness (QED) is 0.565. The number of benzene rings is 1. The number of aliphatic hydroxyl groups excluding tert-OH is 2. The van der Waals surface area contributed by atoms with Crippen LogP contribution in [0.25, 0.3) is 0 Å². The number of aryl methyl sites for hydroxylation is 1. The summed E-state index contributed by atoms with van der Waals surface area (Å²) in [5.41, 5.74) is 9.06. The second-order valence-corrected chi connectivity index (χ2v) is 11.2. The average molecular weight is 508 g/mol. The van der Waals surface area contributed by atoms with E-state index >= 15 is 0 Å². The molecule has 1 amide bonds. The number of carbonyl (C=O) groups excluding carboxylic acids is 1. The van der Waals surface area contributed by atoms with Crippen LogP contribution in [-0.4, -0.2) is 67.6 Å². The summed E-state index contributed by atoms with van der Waals surface area (Å²) in [6, 6.07) is 8.60. The first-order valence-electron chi connectivity index (χ1n) is 13.3. The molecule has 2 fully saturated rings. The maximum atomic E-state index is 12.4. The van der Waals surface area contributed by atoms with E-state index in [1.807, 2.05) is 13.8 Å². The van der Waals surface area contributed by atoms with Crippen molar-refractivity contribution < 1.29 is 19.7 Å². The average Bonchev–Trinajstić information content (AvgIpc) is 3.20. The standard InChI is InChI=1S/C28H37N5O4/c1-16-30-26(29)24-27(31-16)37-28(2,3)25(32-24)20-11-9-19(10-12-20)18-7-4-17(5-8-18)6-13-23(36)33-14-21(34)22(35)15-33/h9-12,17-18,21-22,34-35H,4-8,13-15H2,1-3H3,(H2,29,30,31)/t17?,18?,21-,22+. The van der Waals surface area contributed by atoms with Gasteiger partial charge in [0, 0.05) is 25.1 Å². The highest BCUT2D eigenvalue weighted by molar-refractivity contribution is 6.09. The maximum Gasteiger partial charge on any atom is 0.246 e. The number of hydrogen-bond donors (Lipinski definition) is 3. The molecule has 0 unspecified atom stereocenters. The molecule has 1 aliphatic carbocycles. The Kier molecular flexibility index (Phi) is 6.93. The van der Waals surface area contributed by atoms with E-state index in [1.165, 1.54) is 5.56 Å². The zero-order valence-electron chi connectivity index (χ0n) is 21.9. The SMILES string of the molecule is Cc1nc(N)c2c(n1)OC(C)(C)C(c1ccc(C3CCC(CCC(=O)N4C[C@@H](O)[C@@H](O)C4)CC3)cc1)=N2. The summed E-state index contributed by atoms with van der Waals surface area (Å²) < 4.78 is 6.18. The fourth-order valence-corrected chi connectivity index (χ4v) is 5.84. The van der Waals surface area contributed by atoms with E-state index in [-0.39, 0.29) is 19.0 Å². The summed E-state index contributed by atoms with van der Waals surface area (Å²) in [6.45, 7) is 6.23. The molecule has 9 nitrogen and oxygen atoms in total. The molecule has 2 aromatic rings. The Morgan fingerprint density at radius 2 is 1.73 bits per heavy atom. The van der Waals surface area contributed by atoms with Gasteiger partial charge in [-0.25, -0.2) is 9.98 Å². The molecule has 3 aliphatic rings. The largest absolute Gasteiger partial charge is 0.463 e. The number of nitrogen functional groups attached to an aromatic ring is 1. The minimum Gasteiger partial charge on any atom is -0.463 e. The van der Waals surface area contributed by atoms with Crippen LogP contribution in [-0.2, 0) is 4.79 Å². The normalized spacial score (nSPS) is 26.8. The first kappa shape index (κ1) is 25.6. The van der Waals surface area contributed by atoms with Crippen molar-refractivity contribution >= 4 is 23.1 Å². The number of nitrogens with two attached hydrogens (primary N) is 1. The van der Waals surface area contributed by atoms with Gasteiger partial charge >= 0.3 is 0 Å². The Labute approximate surface area is 217 Å². The van der Waals surface area contributed by atoms with E-state index in [2.05, 4.69) is 34.2 Å². The predicted octanol–water partition coefficient (Wildman–Crippen LogP) is 3.28. The molecule has 1 saturated heterocycles. The fourth-order valence-electron chi connectivity index (χ4n) is 5.84. The second kappa shape index (κ2) is 10.0. The van der Waals surface area contributed by atoms with Gasteiger partial charge in [-0.15, -0.1) is 0 Å². The zero-order chi connectivity index (χ0) is 26.3. The Morgan fingerprint density at radius 1 is 1.08 bits per heavy atom. The number of aliphatic imine (C=N–C) groups is 1. The number of anilines is 1. The number of aromatic nitrogens is 2. The maximum absolute atomic E-state index is 12.4.